The summed E-state index contributed by atoms with van der Waals surface area (Å²) in [4.78, 5) is 0. The molecule has 0 aromatic carbocycles. The van der Waals surface area contributed by atoms with Crippen LogP contribution in [0.4, 0.5) is 0 Å². The minimum absolute atomic E-state index is 0.135. The topological polar surface area (TPSA) is 3.24 Å². The zero-order valence-corrected chi connectivity index (χ0v) is 9.39. The molecule has 2 heteroatoms. The first-order chi connectivity index (χ1) is 5.34. The van der Waals surface area contributed by atoms with E-state index in [4.69, 9.17) is 0 Å². The molecule has 0 amide bonds. The summed E-state index contributed by atoms with van der Waals surface area (Å²) in [5.41, 5.74) is 0. The maximum absolute atomic E-state index is 2.68. The van der Waals surface area contributed by atoms with Gasteiger partial charge < -0.3 is 4.57 Å². The summed E-state index contributed by atoms with van der Waals surface area (Å²) < 4.78 is 2.68. The van der Waals surface area contributed by atoms with Crippen molar-refractivity contribution in [3.8, 4) is 0 Å². The number of rotatable bonds is 3. The maximum Gasteiger partial charge on any atom is 0.0947 e. The average molecular weight is 171 g/mol. The van der Waals surface area contributed by atoms with Crippen LogP contribution in [-0.4, -0.2) is 27.3 Å². The van der Waals surface area contributed by atoms with Crippen molar-refractivity contribution in [1.82, 2.24) is 4.57 Å². The van der Waals surface area contributed by atoms with Crippen molar-refractivity contribution in [2.45, 2.75) is 51.1 Å². The van der Waals surface area contributed by atoms with Crippen LogP contribution in [0.25, 0.3) is 0 Å². The molecule has 1 fully saturated rings. The highest BCUT2D eigenvalue weighted by Crippen LogP contribution is 2.20. The molecule has 0 radical (unpaired) electrons. The van der Waals surface area contributed by atoms with Gasteiger partial charge in [-0.05, 0) is 19.9 Å². The van der Waals surface area contributed by atoms with E-state index >= 15 is 0 Å². The first-order valence-corrected chi connectivity index (χ1v) is 6.68. The average Bonchev–Trinajstić information content (AvgIpc) is 2.07. The molecule has 66 valence electrons. The van der Waals surface area contributed by atoms with E-state index in [0.29, 0.717) is 0 Å². The van der Waals surface area contributed by atoms with Gasteiger partial charge in [0.05, 0.1) is 9.68 Å². The highest BCUT2D eigenvalue weighted by atomic mass is 28.2. The third-order valence-corrected chi connectivity index (χ3v) is 4.44. The fourth-order valence-electron chi connectivity index (χ4n) is 2.06. The lowest BCUT2D eigenvalue weighted by Gasteiger charge is -2.30. The lowest BCUT2D eigenvalue weighted by Crippen LogP contribution is -2.35. The summed E-state index contributed by atoms with van der Waals surface area (Å²) in [5.74, 6) is 0. The zero-order chi connectivity index (χ0) is 8.10. The van der Waals surface area contributed by atoms with Gasteiger partial charge in [0.1, 0.15) is 0 Å². The van der Waals surface area contributed by atoms with Crippen molar-refractivity contribution >= 4 is 9.68 Å². The van der Waals surface area contributed by atoms with E-state index in [1.807, 2.05) is 0 Å². The van der Waals surface area contributed by atoms with E-state index in [-0.39, 0.29) is 9.68 Å². The molecule has 0 heterocycles. The Morgan fingerprint density at radius 1 is 1.27 bits per heavy atom. The van der Waals surface area contributed by atoms with Gasteiger partial charge in [-0.1, -0.05) is 32.2 Å². The van der Waals surface area contributed by atoms with E-state index < -0.39 is 0 Å². The molecule has 1 aliphatic carbocycles. The van der Waals surface area contributed by atoms with Gasteiger partial charge in [-0.2, -0.15) is 0 Å². The molecule has 0 aromatic rings. The molecule has 0 bridgehead atoms. The van der Waals surface area contributed by atoms with E-state index in [1.165, 1.54) is 38.1 Å². The second-order valence-corrected chi connectivity index (χ2v) is 6.22. The Kier molecular flexibility index (Phi) is 4.16. The molecule has 1 rings (SSSR count). The van der Waals surface area contributed by atoms with Crippen molar-refractivity contribution in [2.24, 2.45) is 0 Å². The molecule has 1 saturated carbocycles. The predicted molar refractivity (Wildman–Crippen MR) is 53.7 cm³/mol. The van der Waals surface area contributed by atoms with Gasteiger partial charge in [-0.15, -0.1) is 0 Å². The molecule has 11 heavy (non-hydrogen) atoms. The SMILES string of the molecule is CC[SiH2]N(C)C1CCCCC1. The van der Waals surface area contributed by atoms with Gasteiger partial charge in [0, 0.05) is 6.04 Å². The van der Waals surface area contributed by atoms with Crippen molar-refractivity contribution in [1.29, 1.82) is 0 Å². The molecular formula is C9H21NSi. The summed E-state index contributed by atoms with van der Waals surface area (Å²) in [6.45, 7) is 2.32. The maximum atomic E-state index is 2.68. The third-order valence-electron chi connectivity index (χ3n) is 2.77. The molecule has 0 spiro atoms. The Hall–Kier alpha value is 0.177. The van der Waals surface area contributed by atoms with Crippen molar-refractivity contribution in [3.63, 3.8) is 0 Å². The molecule has 0 saturated heterocycles. The first kappa shape index (κ1) is 9.27. The number of hydrogen-bond acceptors (Lipinski definition) is 1. The first-order valence-electron chi connectivity index (χ1n) is 5.05. The summed E-state index contributed by atoms with van der Waals surface area (Å²) in [5, 5.41) is 0. The van der Waals surface area contributed by atoms with Crippen LogP contribution in [0.1, 0.15) is 39.0 Å². The van der Waals surface area contributed by atoms with Crippen LogP contribution in [0, 0.1) is 0 Å². The largest absolute Gasteiger partial charge is 0.329 e. The minimum Gasteiger partial charge on any atom is -0.329 e. The second kappa shape index (κ2) is 4.94. The van der Waals surface area contributed by atoms with Crippen molar-refractivity contribution in [2.75, 3.05) is 7.05 Å². The fourth-order valence-corrected chi connectivity index (χ4v) is 3.49. The van der Waals surface area contributed by atoms with Gasteiger partial charge in [0.25, 0.3) is 0 Å². The van der Waals surface area contributed by atoms with E-state index in [9.17, 15) is 0 Å². The van der Waals surface area contributed by atoms with Crippen LogP contribution in [-0.2, 0) is 0 Å². The lowest BCUT2D eigenvalue weighted by molar-refractivity contribution is 0.291. The van der Waals surface area contributed by atoms with E-state index in [0.717, 1.165) is 6.04 Å². The smallest absolute Gasteiger partial charge is 0.0947 e. The zero-order valence-electron chi connectivity index (χ0n) is 7.97. The Bertz CT molecular complexity index is 99.7. The van der Waals surface area contributed by atoms with Gasteiger partial charge in [-0.25, -0.2) is 0 Å². The van der Waals surface area contributed by atoms with Crippen LogP contribution >= 0.6 is 0 Å². The van der Waals surface area contributed by atoms with Crippen LogP contribution in [0.2, 0.25) is 6.04 Å². The van der Waals surface area contributed by atoms with Crippen LogP contribution in [0.3, 0.4) is 0 Å². The van der Waals surface area contributed by atoms with Crippen molar-refractivity contribution in [3.05, 3.63) is 0 Å². The Balaban J connectivity index is 2.21. The van der Waals surface area contributed by atoms with Crippen LogP contribution < -0.4 is 0 Å². The van der Waals surface area contributed by atoms with Gasteiger partial charge in [-0.3, -0.25) is 0 Å². The summed E-state index contributed by atoms with van der Waals surface area (Å²) in [6, 6.07) is 2.41. The molecule has 0 N–H and O–H groups in total. The van der Waals surface area contributed by atoms with Gasteiger partial charge in [0.15, 0.2) is 0 Å². The number of hydrogen-bond donors (Lipinski definition) is 0. The quantitative estimate of drug-likeness (QED) is 0.585. The second-order valence-electron chi connectivity index (χ2n) is 3.77. The third kappa shape index (κ3) is 2.95. The van der Waals surface area contributed by atoms with Gasteiger partial charge >= 0.3 is 0 Å². The standard InChI is InChI=1S/C9H21NSi/c1-3-11-10(2)9-7-5-4-6-8-9/h9H,3-8,11H2,1-2H3. The molecule has 0 aliphatic heterocycles. The van der Waals surface area contributed by atoms with Crippen molar-refractivity contribution < 1.29 is 0 Å². The Labute approximate surface area is 73.1 Å². The molecule has 0 unspecified atom stereocenters. The lowest BCUT2D eigenvalue weighted by atomic mass is 9.96. The minimum atomic E-state index is 0.135. The van der Waals surface area contributed by atoms with E-state index in [1.54, 1.807) is 0 Å². The molecular weight excluding hydrogens is 150 g/mol. The normalized spacial score (nSPS) is 22.1. The highest BCUT2D eigenvalue weighted by molar-refractivity contribution is 6.31. The highest BCUT2D eigenvalue weighted by Gasteiger charge is 2.16. The number of nitrogens with zero attached hydrogens (tertiary/aromatic N) is 1. The van der Waals surface area contributed by atoms with E-state index in [2.05, 4.69) is 18.5 Å². The monoisotopic (exact) mass is 171 g/mol. The summed E-state index contributed by atoms with van der Waals surface area (Å²) in [7, 11) is 2.47. The molecule has 1 nitrogen and oxygen atoms in total. The molecule has 1 aliphatic rings. The summed E-state index contributed by atoms with van der Waals surface area (Å²) in [6.07, 6.45) is 7.39. The Morgan fingerprint density at radius 3 is 2.45 bits per heavy atom. The molecule has 0 aromatic heterocycles. The molecule has 0 atom stereocenters. The van der Waals surface area contributed by atoms with Gasteiger partial charge in [0.2, 0.25) is 0 Å². The fraction of sp³-hybridized carbons (Fsp3) is 1.00. The Morgan fingerprint density at radius 2 is 1.91 bits per heavy atom. The predicted octanol–water partition coefficient (Wildman–Crippen LogP) is 1.77. The van der Waals surface area contributed by atoms with Crippen LogP contribution in [0.5, 0.6) is 0 Å². The summed E-state index contributed by atoms with van der Waals surface area (Å²) >= 11 is 0. The van der Waals surface area contributed by atoms with Crippen LogP contribution in [0.15, 0.2) is 0 Å².